The van der Waals surface area contributed by atoms with E-state index in [0.717, 1.165) is 11.6 Å². The number of hydrogen-bond donors (Lipinski definition) is 3. The minimum atomic E-state index is -0.866. The summed E-state index contributed by atoms with van der Waals surface area (Å²) in [4.78, 5) is 23.9. The number of anilines is 1. The summed E-state index contributed by atoms with van der Waals surface area (Å²) in [7, 11) is 0. The van der Waals surface area contributed by atoms with E-state index in [4.69, 9.17) is 0 Å². The maximum absolute atomic E-state index is 13.1. The Hall–Kier alpha value is -2.73. The van der Waals surface area contributed by atoms with E-state index in [1.54, 1.807) is 6.92 Å². The van der Waals surface area contributed by atoms with Crippen molar-refractivity contribution in [1.29, 1.82) is 0 Å². The fourth-order valence-electron chi connectivity index (χ4n) is 2.52. The molecule has 2 amide bonds. The minimum Gasteiger partial charge on any atom is -0.393 e. The second-order valence-electron chi connectivity index (χ2n) is 5.87. The van der Waals surface area contributed by atoms with Crippen LogP contribution in [0.15, 0.2) is 54.6 Å². The van der Waals surface area contributed by atoms with E-state index >= 15 is 0 Å². The van der Waals surface area contributed by atoms with Gasteiger partial charge in [-0.1, -0.05) is 36.4 Å². The van der Waals surface area contributed by atoms with Crippen LogP contribution >= 0.6 is 0 Å². The Morgan fingerprint density at radius 3 is 2.44 bits per heavy atom. The van der Waals surface area contributed by atoms with Gasteiger partial charge in [0.1, 0.15) is 5.82 Å². The SMILES string of the molecule is CC(O)CC(CNC(=O)C(=O)Nc1cccc(F)c1)c1ccccc1. The molecule has 25 heavy (non-hydrogen) atoms. The topological polar surface area (TPSA) is 78.4 Å². The molecule has 0 heterocycles. The number of benzene rings is 2. The highest BCUT2D eigenvalue weighted by Crippen LogP contribution is 2.20. The summed E-state index contributed by atoms with van der Waals surface area (Å²) >= 11 is 0. The van der Waals surface area contributed by atoms with Crippen LogP contribution in [0.2, 0.25) is 0 Å². The molecular weight excluding hydrogens is 323 g/mol. The van der Waals surface area contributed by atoms with Crippen LogP contribution in [-0.2, 0) is 9.59 Å². The highest BCUT2D eigenvalue weighted by Gasteiger charge is 2.19. The lowest BCUT2D eigenvalue weighted by Crippen LogP contribution is -2.38. The molecule has 132 valence electrons. The van der Waals surface area contributed by atoms with E-state index in [0.29, 0.717) is 6.42 Å². The largest absolute Gasteiger partial charge is 0.393 e. The first-order chi connectivity index (χ1) is 12.0. The number of halogens is 1. The van der Waals surface area contributed by atoms with Crippen LogP contribution in [0.25, 0.3) is 0 Å². The summed E-state index contributed by atoms with van der Waals surface area (Å²) in [6.45, 7) is 1.89. The third-order valence-corrected chi connectivity index (χ3v) is 3.69. The molecule has 0 aliphatic carbocycles. The summed E-state index contributed by atoms with van der Waals surface area (Å²) in [5.41, 5.74) is 1.18. The number of carbonyl (C=O) groups excluding carboxylic acids is 2. The van der Waals surface area contributed by atoms with Gasteiger partial charge in [0.05, 0.1) is 6.10 Å². The van der Waals surface area contributed by atoms with Gasteiger partial charge in [0.2, 0.25) is 0 Å². The lowest BCUT2D eigenvalue weighted by Gasteiger charge is -2.19. The van der Waals surface area contributed by atoms with Crippen molar-refractivity contribution in [2.24, 2.45) is 0 Å². The third kappa shape index (κ3) is 6.00. The van der Waals surface area contributed by atoms with Crippen molar-refractivity contribution in [3.05, 3.63) is 66.0 Å². The van der Waals surface area contributed by atoms with Crippen molar-refractivity contribution in [3.63, 3.8) is 0 Å². The van der Waals surface area contributed by atoms with Crippen molar-refractivity contribution in [2.45, 2.75) is 25.4 Å². The molecule has 6 heteroatoms. The number of nitrogens with one attached hydrogen (secondary N) is 2. The minimum absolute atomic E-state index is 0.118. The molecule has 0 aliphatic heterocycles. The van der Waals surface area contributed by atoms with Gasteiger partial charge in [-0.25, -0.2) is 4.39 Å². The van der Waals surface area contributed by atoms with Gasteiger partial charge in [-0.15, -0.1) is 0 Å². The predicted octanol–water partition coefficient (Wildman–Crippen LogP) is 2.44. The van der Waals surface area contributed by atoms with Crippen LogP contribution < -0.4 is 10.6 Å². The summed E-state index contributed by atoms with van der Waals surface area (Å²) < 4.78 is 13.1. The Morgan fingerprint density at radius 1 is 1.08 bits per heavy atom. The van der Waals surface area contributed by atoms with Gasteiger partial charge >= 0.3 is 11.8 Å². The highest BCUT2D eigenvalue weighted by molar-refractivity contribution is 6.39. The Kier molecular flexibility index (Phi) is 6.65. The zero-order chi connectivity index (χ0) is 18.2. The third-order valence-electron chi connectivity index (χ3n) is 3.69. The van der Waals surface area contributed by atoms with E-state index < -0.39 is 23.7 Å². The molecular formula is C19H21FN2O3. The van der Waals surface area contributed by atoms with Crippen LogP contribution in [-0.4, -0.2) is 29.6 Å². The number of amides is 2. The standard InChI is InChI=1S/C19H21FN2O3/c1-13(23)10-15(14-6-3-2-4-7-14)12-21-18(24)19(25)22-17-9-5-8-16(20)11-17/h2-9,11,13,15,23H,10,12H2,1H3,(H,21,24)(H,22,25). The Morgan fingerprint density at radius 2 is 1.80 bits per heavy atom. The van der Waals surface area contributed by atoms with Gasteiger partial charge in [-0.2, -0.15) is 0 Å². The van der Waals surface area contributed by atoms with Gasteiger partial charge in [-0.05, 0) is 37.1 Å². The zero-order valence-corrected chi connectivity index (χ0v) is 13.9. The summed E-state index contributed by atoms with van der Waals surface area (Å²) in [6.07, 6.45) is -0.0845. The van der Waals surface area contributed by atoms with Gasteiger partial charge < -0.3 is 15.7 Å². The first-order valence-corrected chi connectivity index (χ1v) is 8.03. The van der Waals surface area contributed by atoms with Gasteiger partial charge in [0.15, 0.2) is 0 Å². The van der Waals surface area contributed by atoms with E-state index in [1.807, 2.05) is 30.3 Å². The van der Waals surface area contributed by atoms with Crippen molar-refractivity contribution in [1.82, 2.24) is 5.32 Å². The monoisotopic (exact) mass is 344 g/mol. The predicted molar refractivity (Wildman–Crippen MR) is 93.5 cm³/mol. The fourth-order valence-corrected chi connectivity index (χ4v) is 2.52. The Balaban J connectivity index is 1.94. The van der Waals surface area contributed by atoms with Crippen LogP contribution in [0.5, 0.6) is 0 Å². The van der Waals surface area contributed by atoms with Crippen LogP contribution in [0.3, 0.4) is 0 Å². The van der Waals surface area contributed by atoms with Gasteiger partial charge in [0, 0.05) is 18.2 Å². The second-order valence-corrected chi connectivity index (χ2v) is 5.87. The molecule has 0 radical (unpaired) electrons. The van der Waals surface area contributed by atoms with Crippen LogP contribution in [0, 0.1) is 5.82 Å². The zero-order valence-electron chi connectivity index (χ0n) is 13.9. The summed E-state index contributed by atoms with van der Waals surface area (Å²) in [5.74, 6) is -2.29. The summed E-state index contributed by atoms with van der Waals surface area (Å²) in [6, 6.07) is 14.8. The van der Waals surface area contributed by atoms with Gasteiger partial charge in [0.25, 0.3) is 0 Å². The molecule has 0 saturated heterocycles. The Bertz CT molecular complexity index is 720. The molecule has 0 spiro atoms. The van der Waals surface area contributed by atoms with Crippen molar-refractivity contribution >= 4 is 17.5 Å². The molecule has 0 bridgehead atoms. The normalized spacial score (nSPS) is 12.9. The number of rotatable bonds is 6. The maximum Gasteiger partial charge on any atom is 0.313 e. The van der Waals surface area contributed by atoms with Crippen molar-refractivity contribution < 1.29 is 19.1 Å². The maximum atomic E-state index is 13.1. The van der Waals surface area contributed by atoms with Crippen molar-refractivity contribution in [2.75, 3.05) is 11.9 Å². The number of hydrogen-bond acceptors (Lipinski definition) is 3. The van der Waals surface area contributed by atoms with Crippen LogP contribution in [0.4, 0.5) is 10.1 Å². The van der Waals surface area contributed by atoms with E-state index in [-0.39, 0.29) is 18.2 Å². The second kappa shape index (κ2) is 8.94. The first-order valence-electron chi connectivity index (χ1n) is 8.03. The molecule has 2 aromatic carbocycles. The molecule has 2 rings (SSSR count). The summed E-state index contributed by atoms with van der Waals surface area (Å²) in [5, 5.41) is 14.6. The van der Waals surface area contributed by atoms with Gasteiger partial charge in [-0.3, -0.25) is 9.59 Å². The molecule has 3 N–H and O–H groups in total. The quantitative estimate of drug-likeness (QED) is 0.704. The molecule has 0 saturated carbocycles. The average Bonchev–Trinajstić information content (AvgIpc) is 2.58. The number of carbonyl (C=O) groups is 2. The Labute approximate surface area is 145 Å². The van der Waals surface area contributed by atoms with Crippen molar-refractivity contribution in [3.8, 4) is 0 Å². The molecule has 0 aliphatic rings. The molecule has 2 unspecified atom stereocenters. The number of aliphatic hydroxyl groups is 1. The van der Waals surface area contributed by atoms with E-state index in [1.165, 1.54) is 18.2 Å². The molecule has 0 aromatic heterocycles. The number of aliphatic hydroxyl groups excluding tert-OH is 1. The smallest absolute Gasteiger partial charge is 0.313 e. The fraction of sp³-hybridized carbons (Fsp3) is 0.263. The molecule has 5 nitrogen and oxygen atoms in total. The van der Waals surface area contributed by atoms with E-state index in [2.05, 4.69) is 10.6 Å². The van der Waals surface area contributed by atoms with E-state index in [9.17, 15) is 19.1 Å². The molecule has 2 atom stereocenters. The lowest BCUT2D eigenvalue weighted by molar-refractivity contribution is -0.136. The lowest BCUT2D eigenvalue weighted by atomic mass is 9.93. The molecule has 0 fully saturated rings. The first kappa shape index (κ1) is 18.6. The molecule has 2 aromatic rings. The van der Waals surface area contributed by atoms with Crippen LogP contribution in [0.1, 0.15) is 24.8 Å². The average molecular weight is 344 g/mol. The highest BCUT2D eigenvalue weighted by atomic mass is 19.1.